The molecule has 0 fully saturated rings. The number of hydrogen-bond acceptors (Lipinski definition) is 3. The number of nitrogens with zero attached hydrogens (tertiary/aromatic N) is 2. The molecule has 5 heteroatoms. The maximum atomic E-state index is 2.72. The third kappa shape index (κ3) is 4.76. The predicted octanol–water partition coefficient (Wildman–Crippen LogP) is 15.7. The second-order valence-corrected chi connectivity index (χ2v) is 23.5. The third-order valence-corrected chi connectivity index (χ3v) is 17.5. The fourth-order valence-electron chi connectivity index (χ4n) is 11.9. The van der Waals surface area contributed by atoms with E-state index < -0.39 is 0 Å². The first-order chi connectivity index (χ1) is 30.7. The maximum absolute atomic E-state index is 2.72. The molecule has 11 aromatic rings. The van der Waals surface area contributed by atoms with E-state index in [-0.39, 0.29) is 23.1 Å². The molecule has 0 unspecified atom stereocenters. The quantitative estimate of drug-likeness (QED) is 0.149. The van der Waals surface area contributed by atoms with Crippen LogP contribution in [0.25, 0.3) is 90.1 Å². The maximum Gasteiger partial charge on any atom is 0.333 e. The van der Waals surface area contributed by atoms with Crippen LogP contribution in [0, 0.1) is 0 Å². The van der Waals surface area contributed by atoms with Crippen molar-refractivity contribution in [2.45, 2.75) is 71.6 Å². The summed E-state index contributed by atoms with van der Waals surface area (Å²) in [6.45, 7) is 18.7. The van der Waals surface area contributed by atoms with Crippen molar-refractivity contribution < 1.29 is 0 Å². The molecule has 0 N–H and O–H groups in total. The van der Waals surface area contributed by atoms with E-state index in [0.29, 0.717) is 0 Å². The number of fused-ring (bicyclic) bond motifs is 17. The van der Waals surface area contributed by atoms with Crippen LogP contribution < -0.4 is 15.7 Å². The molecule has 2 nitrogen and oxygen atoms in total. The van der Waals surface area contributed by atoms with Crippen molar-refractivity contribution in [3.05, 3.63) is 162 Å². The van der Waals surface area contributed by atoms with Crippen LogP contribution in [0.4, 0.5) is 11.4 Å². The minimum atomic E-state index is -0.109. The fraction of sp³-hybridized carbons (Fsp3) is 0.186. The van der Waals surface area contributed by atoms with Gasteiger partial charge in [-0.1, -0.05) is 134 Å². The predicted molar refractivity (Wildman–Crippen MR) is 281 cm³/mol. The van der Waals surface area contributed by atoms with Gasteiger partial charge in [0, 0.05) is 79.2 Å². The minimum Gasteiger partial charge on any atom is -0.376 e. The molecule has 1 aliphatic carbocycles. The lowest BCUT2D eigenvalue weighted by Crippen LogP contribution is -2.60. The zero-order valence-electron chi connectivity index (χ0n) is 37.6. The molecule has 5 heterocycles. The summed E-state index contributed by atoms with van der Waals surface area (Å²) < 4.78 is 8.06. The summed E-state index contributed by atoms with van der Waals surface area (Å²) in [7, 11) is 0. The summed E-state index contributed by atoms with van der Waals surface area (Å²) in [5.74, 6) is 0. The van der Waals surface area contributed by atoms with Gasteiger partial charge in [-0.3, -0.25) is 0 Å². The highest BCUT2D eigenvalue weighted by Crippen LogP contribution is 2.53. The largest absolute Gasteiger partial charge is 0.376 e. The summed E-state index contributed by atoms with van der Waals surface area (Å²) in [6.07, 6.45) is 0. The van der Waals surface area contributed by atoms with Crippen molar-refractivity contribution in [1.29, 1.82) is 0 Å². The molecule has 308 valence electrons. The average Bonchev–Trinajstić information content (AvgIpc) is 3.99. The van der Waals surface area contributed by atoms with E-state index in [1.165, 1.54) is 135 Å². The smallest absolute Gasteiger partial charge is 0.333 e. The number of aromatic nitrogens is 1. The lowest BCUT2D eigenvalue weighted by Gasteiger charge is -2.42. The Balaban J connectivity index is 1.14. The normalized spacial score (nSPS) is 14.9. The van der Waals surface area contributed by atoms with Crippen LogP contribution in [0.3, 0.4) is 0 Å². The number of thiophene rings is 2. The van der Waals surface area contributed by atoms with Crippen LogP contribution in [0.1, 0.15) is 77.6 Å². The first-order valence-corrected chi connectivity index (χ1v) is 24.5. The van der Waals surface area contributed by atoms with E-state index >= 15 is 0 Å². The van der Waals surface area contributed by atoms with Gasteiger partial charge in [0.2, 0.25) is 0 Å². The number of rotatable bonds is 1. The standard InChI is InChI=1S/C59H47BN2S2/c1-57(2,3)32-17-20-34(21-18-32)62-49-27-43-37-22-19-33(58(4,5)6)25-52(37)64-53(43)29-42(49)38-23-24-39-41-26-40-35-13-9-11-15-45(35)59(7,8)46(40)30-48(41)61-50-28-44-36-14-10-12-16-51(36)63-54(44)31-47(50)60(62)55(38)56(39)61/h9-31H,1-8H3. The molecular formula is C59H47BN2S2. The van der Waals surface area contributed by atoms with E-state index in [1.807, 2.05) is 22.7 Å². The van der Waals surface area contributed by atoms with Crippen molar-refractivity contribution in [3.8, 4) is 27.9 Å². The van der Waals surface area contributed by atoms with Gasteiger partial charge >= 0.3 is 6.85 Å². The lowest BCUT2D eigenvalue weighted by molar-refractivity contribution is 0.590. The Kier molecular flexibility index (Phi) is 7.07. The van der Waals surface area contributed by atoms with Crippen molar-refractivity contribution in [3.63, 3.8) is 0 Å². The molecular weight excluding hydrogens is 812 g/mol. The van der Waals surface area contributed by atoms with Crippen LogP contribution in [-0.4, -0.2) is 11.4 Å². The Bertz CT molecular complexity index is 3900. The van der Waals surface area contributed by atoms with Gasteiger partial charge in [0.1, 0.15) is 0 Å². The van der Waals surface area contributed by atoms with E-state index in [1.54, 1.807) is 0 Å². The highest BCUT2D eigenvalue weighted by Gasteiger charge is 2.45. The molecule has 3 aromatic heterocycles. The molecule has 3 aliphatic rings. The van der Waals surface area contributed by atoms with E-state index in [2.05, 4.69) is 204 Å². The second-order valence-electron chi connectivity index (χ2n) is 21.3. The van der Waals surface area contributed by atoms with Crippen LogP contribution >= 0.6 is 22.7 Å². The van der Waals surface area contributed by atoms with Gasteiger partial charge in [-0.15, -0.1) is 22.7 Å². The summed E-state index contributed by atoms with van der Waals surface area (Å²) in [4.78, 5) is 2.72. The summed E-state index contributed by atoms with van der Waals surface area (Å²) in [6, 6.07) is 55.0. The SMILES string of the molecule is CC(C)(C)c1ccc(N2B3c4cc5sc6ccccc6c5cc4-n4c5cc6c(cc5c5ccc(c3c54)-c3cc4sc5cc(C(C)(C)C)ccc5c4cc32)-c2ccccc2C6(C)C)cc1. The first kappa shape index (κ1) is 37.3. The van der Waals surface area contributed by atoms with E-state index in [9.17, 15) is 0 Å². The van der Waals surface area contributed by atoms with Crippen LogP contribution in [-0.2, 0) is 16.2 Å². The zero-order valence-corrected chi connectivity index (χ0v) is 39.2. The van der Waals surface area contributed by atoms with Crippen LogP contribution in [0.5, 0.6) is 0 Å². The van der Waals surface area contributed by atoms with Crippen LogP contribution in [0.15, 0.2) is 140 Å². The molecule has 0 atom stereocenters. The van der Waals surface area contributed by atoms with Gasteiger partial charge in [0.25, 0.3) is 0 Å². The Morgan fingerprint density at radius 3 is 1.92 bits per heavy atom. The zero-order chi connectivity index (χ0) is 43.3. The van der Waals surface area contributed by atoms with Crippen molar-refractivity contribution >= 4 is 114 Å². The number of benzene rings is 8. The minimum absolute atomic E-state index is 0.0469. The Hall–Kier alpha value is -6.14. The van der Waals surface area contributed by atoms with Crippen LogP contribution in [0.2, 0.25) is 0 Å². The molecule has 8 aromatic carbocycles. The van der Waals surface area contributed by atoms with Crippen molar-refractivity contribution in [2.24, 2.45) is 0 Å². The molecule has 0 bridgehead atoms. The summed E-state index contributed by atoms with van der Waals surface area (Å²) in [5.41, 5.74) is 20.1. The lowest BCUT2D eigenvalue weighted by atomic mass is 9.44. The van der Waals surface area contributed by atoms with Gasteiger partial charge < -0.3 is 9.38 Å². The van der Waals surface area contributed by atoms with Gasteiger partial charge in [-0.2, -0.15) is 0 Å². The van der Waals surface area contributed by atoms with Gasteiger partial charge in [-0.05, 0) is 121 Å². The molecule has 2 aliphatic heterocycles. The fourth-order valence-corrected chi connectivity index (χ4v) is 14.2. The third-order valence-electron chi connectivity index (χ3n) is 15.3. The second kappa shape index (κ2) is 12.1. The highest BCUT2D eigenvalue weighted by atomic mass is 32.1. The Morgan fingerprint density at radius 2 is 1.12 bits per heavy atom. The first-order valence-electron chi connectivity index (χ1n) is 22.9. The summed E-state index contributed by atoms with van der Waals surface area (Å²) in [5, 5.41) is 8.00. The van der Waals surface area contributed by atoms with Gasteiger partial charge in [-0.25, -0.2) is 0 Å². The topological polar surface area (TPSA) is 8.17 Å². The van der Waals surface area contributed by atoms with E-state index in [4.69, 9.17) is 0 Å². The monoisotopic (exact) mass is 858 g/mol. The molecule has 0 spiro atoms. The molecule has 0 saturated heterocycles. The highest BCUT2D eigenvalue weighted by molar-refractivity contribution is 7.26. The van der Waals surface area contributed by atoms with E-state index in [0.717, 1.165) is 0 Å². The number of anilines is 2. The molecule has 0 amide bonds. The van der Waals surface area contributed by atoms with Gasteiger partial charge in [0.05, 0.1) is 11.0 Å². The van der Waals surface area contributed by atoms with Crippen molar-refractivity contribution in [2.75, 3.05) is 4.81 Å². The Morgan fingerprint density at radius 1 is 0.469 bits per heavy atom. The van der Waals surface area contributed by atoms with Crippen molar-refractivity contribution in [1.82, 2.24) is 4.57 Å². The molecule has 0 saturated carbocycles. The Labute approximate surface area is 382 Å². The molecule has 64 heavy (non-hydrogen) atoms. The summed E-state index contributed by atoms with van der Waals surface area (Å²) >= 11 is 3.87. The van der Waals surface area contributed by atoms with Gasteiger partial charge in [0.15, 0.2) is 0 Å². The number of hydrogen-bond donors (Lipinski definition) is 0. The molecule has 14 rings (SSSR count). The molecule has 0 radical (unpaired) electrons. The average molecular weight is 859 g/mol.